The minimum Gasteiger partial charge on any atom is -0.335 e. The molecule has 246 valence electrons. The molecular weight excluding hydrogens is 593 g/mol. The van der Waals surface area contributed by atoms with Crippen LogP contribution in [0.2, 0.25) is 0 Å². The molecule has 8 rings (SSSR count). The van der Waals surface area contributed by atoms with Crippen molar-refractivity contribution < 1.29 is 0 Å². The summed E-state index contributed by atoms with van der Waals surface area (Å²) in [6.07, 6.45) is 33.6. The molecule has 2 nitrogen and oxygen atoms in total. The SMILES string of the molecule is CC1(C)C2=CC(N(C3=CCCC=C3)c3ccccc3)CC=C2c2ccc(CCC3=CC=C(N(C4=CC=CCC4)c4ccccc4)CC3)cc21. The van der Waals surface area contributed by atoms with Gasteiger partial charge < -0.3 is 9.80 Å². The third-order valence-corrected chi connectivity index (χ3v) is 11.1. The monoisotopic (exact) mass is 640 g/mol. The fourth-order valence-electron chi connectivity index (χ4n) is 8.46. The van der Waals surface area contributed by atoms with Crippen LogP contribution in [0.4, 0.5) is 11.4 Å². The van der Waals surface area contributed by atoms with Gasteiger partial charge in [0.05, 0.1) is 6.04 Å². The number of anilines is 2. The van der Waals surface area contributed by atoms with Crippen LogP contribution >= 0.6 is 0 Å². The number of aryl methyl sites for hydroxylation is 1. The number of hydrogen-bond acceptors (Lipinski definition) is 2. The number of benzene rings is 3. The maximum Gasteiger partial charge on any atom is 0.0563 e. The van der Waals surface area contributed by atoms with E-state index in [1.165, 1.54) is 56.3 Å². The molecule has 2 heteroatoms. The first-order valence-corrected chi connectivity index (χ1v) is 18.4. The van der Waals surface area contributed by atoms with Crippen molar-refractivity contribution in [3.05, 3.63) is 185 Å². The number of fused-ring (bicyclic) bond motifs is 3. The lowest BCUT2D eigenvalue weighted by molar-refractivity contribution is 0.641. The first kappa shape index (κ1) is 31.4. The summed E-state index contributed by atoms with van der Waals surface area (Å²) in [7, 11) is 0. The third-order valence-electron chi connectivity index (χ3n) is 11.1. The molecule has 0 aliphatic heterocycles. The Morgan fingerprint density at radius 1 is 0.714 bits per heavy atom. The standard InChI is InChI=1S/C47H48N2/c1-47(2)45-33-36(24-23-35-25-28-41(29-26-35)48(37-15-7-3-8-16-37)38-17-9-4-10-18-38)27-31-43(45)44-32-30-42(34-46(44)47)49(39-19-11-5-12-20-39)40-21-13-6-14-22-40/h3-5,7-9,11-13,15-17,19-22,25,27-28,31-34,42H,6,10,14,18,23-24,26,29-30H2,1-2H3. The largest absolute Gasteiger partial charge is 0.335 e. The molecule has 0 saturated carbocycles. The third kappa shape index (κ3) is 6.26. The quantitative estimate of drug-likeness (QED) is 0.230. The van der Waals surface area contributed by atoms with Gasteiger partial charge in [0, 0.05) is 33.9 Å². The van der Waals surface area contributed by atoms with E-state index < -0.39 is 0 Å². The maximum absolute atomic E-state index is 2.58. The van der Waals surface area contributed by atoms with E-state index in [4.69, 9.17) is 0 Å². The molecule has 0 bridgehead atoms. The highest BCUT2D eigenvalue weighted by atomic mass is 15.2. The van der Waals surface area contributed by atoms with E-state index in [9.17, 15) is 0 Å². The van der Waals surface area contributed by atoms with Crippen LogP contribution in [0, 0.1) is 0 Å². The molecular formula is C47H48N2. The molecule has 0 amide bonds. The van der Waals surface area contributed by atoms with Crippen LogP contribution in [0.5, 0.6) is 0 Å². The van der Waals surface area contributed by atoms with E-state index in [0.29, 0.717) is 6.04 Å². The second-order valence-corrected chi connectivity index (χ2v) is 14.6. The Balaban J connectivity index is 1.01. The van der Waals surface area contributed by atoms with Gasteiger partial charge in [0.15, 0.2) is 0 Å². The molecule has 0 N–H and O–H groups in total. The average Bonchev–Trinajstić information content (AvgIpc) is 3.38. The lowest BCUT2D eigenvalue weighted by atomic mass is 9.79. The zero-order chi connectivity index (χ0) is 33.2. The van der Waals surface area contributed by atoms with Crippen molar-refractivity contribution >= 4 is 16.9 Å². The number of para-hydroxylation sites is 2. The van der Waals surface area contributed by atoms with Crippen molar-refractivity contribution in [2.24, 2.45) is 0 Å². The van der Waals surface area contributed by atoms with Gasteiger partial charge in [-0.25, -0.2) is 0 Å². The minimum atomic E-state index is -0.0272. The molecule has 3 aromatic carbocycles. The van der Waals surface area contributed by atoms with Gasteiger partial charge in [-0.3, -0.25) is 0 Å². The second kappa shape index (κ2) is 13.6. The summed E-state index contributed by atoms with van der Waals surface area (Å²) in [6.45, 7) is 4.87. The Morgan fingerprint density at radius 2 is 1.51 bits per heavy atom. The lowest BCUT2D eigenvalue weighted by Crippen LogP contribution is -2.35. The predicted octanol–water partition coefficient (Wildman–Crippen LogP) is 12.1. The van der Waals surface area contributed by atoms with Crippen LogP contribution in [0.3, 0.4) is 0 Å². The highest BCUT2D eigenvalue weighted by Crippen LogP contribution is 2.52. The van der Waals surface area contributed by atoms with Crippen LogP contribution in [-0.2, 0) is 11.8 Å². The summed E-state index contributed by atoms with van der Waals surface area (Å²) in [5.74, 6) is 0. The van der Waals surface area contributed by atoms with E-state index in [0.717, 1.165) is 57.8 Å². The Bertz CT molecular complexity index is 1960. The first-order valence-electron chi connectivity index (χ1n) is 18.4. The van der Waals surface area contributed by atoms with Gasteiger partial charge in [-0.1, -0.05) is 117 Å². The van der Waals surface area contributed by atoms with Crippen molar-refractivity contribution in [3.8, 4) is 0 Å². The number of hydrogen-bond donors (Lipinski definition) is 0. The molecule has 3 aromatic rings. The lowest BCUT2D eigenvalue weighted by Gasteiger charge is -2.36. The zero-order valence-electron chi connectivity index (χ0n) is 29.1. The smallest absolute Gasteiger partial charge is 0.0563 e. The Labute approximate surface area is 293 Å². The van der Waals surface area contributed by atoms with Crippen molar-refractivity contribution in [2.75, 3.05) is 9.80 Å². The number of allylic oxidation sites excluding steroid dienone is 13. The molecule has 1 atom stereocenters. The number of rotatable bonds is 9. The fourth-order valence-corrected chi connectivity index (χ4v) is 8.46. The average molecular weight is 641 g/mol. The molecule has 5 aliphatic carbocycles. The highest BCUT2D eigenvalue weighted by molar-refractivity contribution is 5.91. The summed E-state index contributed by atoms with van der Waals surface area (Å²) < 4.78 is 0. The predicted molar refractivity (Wildman–Crippen MR) is 208 cm³/mol. The summed E-state index contributed by atoms with van der Waals surface area (Å²) in [6, 6.07) is 29.5. The summed E-state index contributed by atoms with van der Waals surface area (Å²) in [5.41, 5.74) is 15.5. The van der Waals surface area contributed by atoms with Gasteiger partial charge in [0.25, 0.3) is 0 Å². The molecule has 49 heavy (non-hydrogen) atoms. The van der Waals surface area contributed by atoms with Gasteiger partial charge in [0.2, 0.25) is 0 Å². The summed E-state index contributed by atoms with van der Waals surface area (Å²) in [5, 5.41) is 0. The molecule has 0 aromatic heterocycles. The highest BCUT2D eigenvalue weighted by Gasteiger charge is 2.40. The summed E-state index contributed by atoms with van der Waals surface area (Å²) >= 11 is 0. The van der Waals surface area contributed by atoms with Crippen LogP contribution in [-0.4, -0.2) is 6.04 Å². The van der Waals surface area contributed by atoms with Crippen molar-refractivity contribution in [1.29, 1.82) is 0 Å². The minimum absolute atomic E-state index is 0.0272. The van der Waals surface area contributed by atoms with Crippen LogP contribution in [0.25, 0.3) is 5.57 Å². The van der Waals surface area contributed by atoms with Crippen LogP contribution in [0.1, 0.15) is 81.9 Å². The zero-order valence-corrected chi connectivity index (χ0v) is 29.1. The van der Waals surface area contributed by atoms with Gasteiger partial charge in [0.1, 0.15) is 0 Å². The van der Waals surface area contributed by atoms with Crippen LogP contribution < -0.4 is 9.80 Å². The van der Waals surface area contributed by atoms with Crippen molar-refractivity contribution in [1.82, 2.24) is 0 Å². The van der Waals surface area contributed by atoms with E-state index in [2.05, 4.69) is 163 Å². The molecule has 0 fully saturated rings. The molecule has 0 saturated heterocycles. The van der Waals surface area contributed by atoms with Gasteiger partial charge in [-0.15, -0.1) is 0 Å². The van der Waals surface area contributed by atoms with Gasteiger partial charge in [-0.05, 0) is 128 Å². The second-order valence-electron chi connectivity index (χ2n) is 14.6. The molecule has 0 spiro atoms. The van der Waals surface area contributed by atoms with Crippen molar-refractivity contribution in [3.63, 3.8) is 0 Å². The molecule has 1 unspecified atom stereocenters. The maximum atomic E-state index is 2.58. The fraction of sp³-hybridized carbons (Fsp3) is 0.277. The topological polar surface area (TPSA) is 6.48 Å². The van der Waals surface area contributed by atoms with E-state index >= 15 is 0 Å². The number of nitrogens with zero attached hydrogens (tertiary/aromatic N) is 2. The van der Waals surface area contributed by atoms with E-state index in [1.807, 2.05) is 0 Å². The first-order chi connectivity index (χ1) is 24.1. The Hall–Kier alpha value is -4.82. The molecule has 0 heterocycles. The van der Waals surface area contributed by atoms with Crippen molar-refractivity contribution in [2.45, 2.75) is 83.1 Å². The molecule has 5 aliphatic rings. The summed E-state index contributed by atoms with van der Waals surface area (Å²) in [4.78, 5) is 5.05. The van der Waals surface area contributed by atoms with Crippen LogP contribution in [0.15, 0.2) is 168 Å². The van der Waals surface area contributed by atoms with Gasteiger partial charge in [-0.2, -0.15) is 0 Å². The van der Waals surface area contributed by atoms with E-state index in [1.54, 1.807) is 5.57 Å². The van der Waals surface area contributed by atoms with Gasteiger partial charge >= 0.3 is 0 Å². The Kier molecular flexibility index (Phi) is 8.72. The molecule has 0 radical (unpaired) electrons. The van der Waals surface area contributed by atoms with E-state index in [-0.39, 0.29) is 5.41 Å². The normalized spacial score (nSPS) is 20.6. The Morgan fingerprint density at radius 3 is 2.22 bits per heavy atom.